The minimum absolute atomic E-state index is 0.0963. The third-order valence-electron chi connectivity index (χ3n) is 3.54. The molecule has 0 bridgehead atoms. The van der Waals surface area contributed by atoms with Crippen molar-refractivity contribution in [2.24, 2.45) is 0 Å². The Morgan fingerprint density at radius 2 is 2.11 bits per heavy atom. The minimum Gasteiger partial charge on any atom is -0.388 e. The molecule has 2 N–H and O–H groups in total. The first-order valence-corrected chi connectivity index (χ1v) is 6.79. The summed E-state index contributed by atoms with van der Waals surface area (Å²) in [7, 11) is 0. The molecule has 1 aromatic rings. The first kappa shape index (κ1) is 13.1. The van der Waals surface area contributed by atoms with Crippen LogP contribution in [0.2, 0.25) is 0 Å². The van der Waals surface area contributed by atoms with Crippen molar-refractivity contribution >= 4 is 11.6 Å². The van der Waals surface area contributed by atoms with Gasteiger partial charge in [-0.1, -0.05) is 32.4 Å². The number of fused-ring (bicyclic) bond motifs is 1. The summed E-state index contributed by atoms with van der Waals surface area (Å²) in [6.07, 6.45) is 3.56. The number of aryl methyl sites for hydroxylation is 2. The standard InChI is InChI=1S/C15H21NO2/c1-3-5-13(17)12-8-10(4-2)15-11(9-12)6-7-14(18)16-15/h8-9,13,17H,3-7H2,1-2H3,(H,16,18). The van der Waals surface area contributed by atoms with Gasteiger partial charge >= 0.3 is 0 Å². The van der Waals surface area contributed by atoms with Gasteiger partial charge in [0.25, 0.3) is 0 Å². The number of anilines is 1. The maximum atomic E-state index is 11.5. The Morgan fingerprint density at radius 1 is 1.33 bits per heavy atom. The van der Waals surface area contributed by atoms with Crippen LogP contribution in [0.4, 0.5) is 5.69 Å². The zero-order chi connectivity index (χ0) is 13.1. The second-order valence-electron chi connectivity index (χ2n) is 4.92. The Hall–Kier alpha value is -1.35. The zero-order valence-corrected chi connectivity index (χ0v) is 11.1. The van der Waals surface area contributed by atoms with Crippen molar-refractivity contribution in [1.82, 2.24) is 0 Å². The van der Waals surface area contributed by atoms with E-state index in [1.165, 1.54) is 5.56 Å². The number of amides is 1. The fourth-order valence-electron chi connectivity index (χ4n) is 2.51. The van der Waals surface area contributed by atoms with Gasteiger partial charge in [0.1, 0.15) is 0 Å². The van der Waals surface area contributed by atoms with E-state index >= 15 is 0 Å². The van der Waals surface area contributed by atoms with Gasteiger partial charge in [0.2, 0.25) is 5.91 Å². The van der Waals surface area contributed by atoms with Crippen molar-refractivity contribution in [3.63, 3.8) is 0 Å². The summed E-state index contributed by atoms with van der Waals surface area (Å²) in [5.74, 6) is 0.0963. The number of rotatable bonds is 4. The van der Waals surface area contributed by atoms with Crippen LogP contribution in [0.15, 0.2) is 12.1 Å². The lowest BCUT2D eigenvalue weighted by molar-refractivity contribution is -0.116. The molecule has 98 valence electrons. The lowest BCUT2D eigenvalue weighted by atomic mass is 9.92. The van der Waals surface area contributed by atoms with E-state index in [2.05, 4.69) is 19.2 Å². The smallest absolute Gasteiger partial charge is 0.224 e. The van der Waals surface area contributed by atoms with E-state index in [4.69, 9.17) is 0 Å². The predicted octanol–water partition coefficient (Wildman–Crippen LogP) is 2.97. The molecule has 0 spiro atoms. The molecule has 0 saturated carbocycles. The molecule has 1 unspecified atom stereocenters. The van der Waals surface area contributed by atoms with Gasteiger partial charge in [0, 0.05) is 12.1 Å². The summed E-state index contributed by atoms with van der Waals surface area (Å²) < 4.78 is 0. The van der Waals surface area contributed by atoms with Crippen LogP contribution in [0, 0.1) is 0 Å². The van der Waals surface area contributed by atoms with E-state index in [-0.39, 0.29) is 12.0 Å². The van der Waals surface area contributed by atoms with Gasteiger partial charge < -0.3 is 10.4 Å². The van der Waals surface area contributed by atoms with Crippen molar-refractivity contribution in [1.29, 1.82) is 0 Å². The molecule has 1 aromatic carbocycles. The van der Waals surface area contributed by atoms with Crippen LogP contribution in [0.25, 0.3) is 0 Å². The van der Waals surface area contributed by atoms with Crippen LogP contribution in [0.5, 0.6) is 0 Å². The van der Waals surface area contributed by atoms with E-state index in [1.807, 2.05) is 12.1 Å². The van der Waals surface area contributed by atoms with Gasteiger partial charge in [0.15, 0.2) is 0 Å². The average Bonchev–Trinajstić information content (AvgIpc) is 2.37. The molecule has 0 radical (unpaired) electrons. The number of hydrogen-bond acceptors (Lipinski definition) is 2. The summed E-state index contributed by atoms with van der Waals surface area (Å²) in [4.78, 5) is 11.5. The molecule has 1 atom stereocenters. The van der Waals surface area contributed by atoms with E-state index in [1.54, 1.807) is 0 Å². The van der Waals surface area contributed by atoms with Crippen molar-refractivity contribution in [2.75, 3.05) is 5.32 Å². The van der Waals surface area contributed by atoms with Crippen LogP contribution in [0.3, 0.4) is 0 Å². The van der Waals surface area contributed by atoms with Crippen LogP contribution < -0.4 is 5.32 Å². The molecule has 18 heavy (non-hydrogen) atoms. The lowest BCUT2D eigenvalue weighted by Gasteiger charge is -2.22. The summed E-state index contributed by atoms with van der Waals surface area (Å²) in [6.45, 7) is 4.15. The highest BCUT2D eigenvalue weighted by Crippen LogP contribution is 2.31. The Bertz CT molecular complexity index is 437. The second-order valence-corrected chi connectivity index (χ2v) is 4.92. The van der Waals surface area contributed by atoms with E-state index in [0.29, 0.717) is 6.42 Å². The predicted molar refractivity (Wildman–Crippen MR) is 72.6 cm³/mol. The molecule has 2 rings (SSSR count). The number of nitrogens with one attached hydrogen (secondary N) is 1. The van der Waals surface area contributed by atoms with Crippen molar-refractivity contribution in [2.45, 2.75) is 52.1 Å². The third kappa shape index (κ3) is 2.56. The first-order chi connectivity index (χ1) is 8.65. The summed E-state index contributed by atoms with van der Waals surface area (Å²) in [5.41, 5.74) is 4.26. The van der Waals surface area contributed by atoms with Crippen molar-refractivity contribution < 1.29 is 9.90 Å². The second kappa shape index (κ2) is 5.53. The highest BCUT2D eigenvalue weighted by atomic mass is 16.3. The van der Waals surface area contributed by atoms with Crippen LogP contribution in [-0.2, 0) is 17.6 Å². The van der Waals surface area contributed by atoms with Crippen LogP contribution >= 0.6 is 0 Å². The van der Waals surface area contributed by atoms with Gasteiger partial charge in [-0.05, 0) is 36.0 Å². The number of benzene rings is 1. The molecule has 0 saturated heterocycles. The number of carbonyl (C=O) groups is 1. The maximum Gasteiger partial charge on any atom is 0.224 e. The Kier molecular flexibility index (Phi) is 4.02. The maximum absolute atomic E-state index is 11.5. The van der Waals surface area contributed by atoms with Gasteiger partial charge in [-0.15, -0.1) is 0 Å². The lowest BCUT2D eigenvalue weighted by Crippen LogP contribution is -2.21. The molecule has 1 aliphatic rings. The molecule has 0 aliphatic carbocycles. The highest BCUT2D eigenvalue weighted by molar-refractivity contribution is 5.94. The third-order valence-corrected chi connectivity index (χ3v) is 3.54. The SMILES string of the molecule is CCCC(O)c1cc(CC)c2c(c1)CCC(=O)N2. The van der Waals surface area contributed by atoms with E-state index in [9.17, 15) is 9.90 Å². The average molecular weight is 247 g/mol. The summed E-state index contributed by atoms with van der Waals surface area (Å²) >= 11 is 0. The quantitative estimate of drug-likeness (QED) is 0.859. The Labute approximate surface area is 108 Å². The van der Waals surface area contributed by atoms with Crippen LogP contribution in [-0.4, -0.2) is 11.0 Å². The summed E-state index contributed by atoms with van der Waals surface area (Å²) in [6, 6.07) is 4.08. The molecular formula is C15H21NO2. The van der Waals surface area contributed by atoms with E-state index < -0.39 is 0 Å². The largest absolute Gasteiger partial charge is 0.388 e. The fourth-order valence-corrected chi connectivity index (χ4v) is 2.51. The minimum atomic E-state index is -0.386. The normalized spacial score (nSPS) is 16.1. The Balaban J connectivity index is 2.38. The van der Waals surface area contributed by atoms with Crippen molar-refractivity contribution in [3.8, 4) is 0 Å². The molecule has 0 aromatic heterocycles. The molecular weight excluding hydrogens is 226 g/mol. The molecule has 3 nitrogen and oxygen atoms in total. The number of aliphatic hydroxyl groups is 1. The monoisotopic (exact) mass is 247 g/mol. The molecule has 3 heteroatoms. The first-order valence-electron chi connectivity index (χ1n) is 6.79. The van der Waals surface area contributed by atoms with E-state index in [0.717, 1.165) is 42.5 Å². The number of aliphatic hydroxyl groups excluding tert-OH is 1. The molecule has 1 heterocycles. The van der Waals surface area contributed by atoms with Gasteiger partial charge in [-0.25, -0.2) is 0 Å². The Morgan fingerprint density at radius 3 is 2.78 bits per heavy atom. The number of hydrogen-bond donors (Lipinski definition) is 2. The zero-order valence-electron chi connectivity index (χ0n) is 11.1. The number of carbonyl (C=O) groups excluding carboxylic acids is 1. The summed E-state index contributed by atoms with van der Waals surface area (Å²) in [5, 5.41) is 13.1. The fraction of sp³-hybridized carbons (Fsp3) is 0.533. The molecule has 1 aliphatic heterocycles. The van der Waals surface area contributed by atoms with Crippen LogP contribution in [0.1, 0.15) is 55.9 Å². The highest BCUT2D eigenvalue weighted by Gasteiger charge is 2.19. The van der Waals surface area contributed by atoms with Crippen molar-refractivity contribution in [3.05, 3.63) is 28.8 Å². The molecule has 1 amide bonds. The topological polar surface area (TPSA) is 49.3 Å². The van der Waals surface area contributed by atoms with Gasteiger partial charge in [0.05, 0.1) is 6.10 Å². The molecule has 0 fully saturated rings. The van der Waals surface area contributed by atoms with Gasteiger partial charge in [-0.3, -0.25) is 4.79 Å². The van der Waals surface area contributed by atoms with Gasteiger partial charge in [-0.2, -0.15) is 0 Å².